The van der Waals surface area contributed by atoms with Gasteiger partial charge in [0.25, 0.3) is 0 Å². The van der Waals surface area contributed by atoms with E-state index < -0.39 is 0 Å². The molecule has 0 fully saturated rings. The summed E-state index contributed by atoms with van der Waals surface area (Å²) < 4.78 is 9.30. The highest BCUT2D eigenvalue weighted by atomic mass is 16.7. The molecule has 3 nitrogen and oxygen atoms in total. The molecule has 1 unspecified atom stereocenters. The number of nitrogens with two attached hydrogens (primary N) is 1. The summed E-state index contributed by atoms with van der Waals surface area (Å²) in [7, 11) is 1.56. The third-order valence-electron chi connectivity index (χ3n) is 0.449. The van der Waals surface area contributed by atoms with Crippen LogP contribution in [0.4, 0.5) is 0 Å². The maximum absolute atomic E-state index is 5.18. The minimum atomic E-state index is -0.222. The van der Waals surface area contributed by atoms with Crippen molar-refractivity contribution < 1.29 is 9.47 Å². The van der Waals surface area contributed by atoms with Gasteiger partial charge in [-0.25, -0.2) is 0 Å². The Morgan fingerprint density at radius 1 is 1.71 bits per heavy atom. The molecule has 0 saturated carbocycles. The van der Waals surface area contributed by atoms with E-state index in [1.807, 2.05) is 0 Å². The Labute approximate surface area is 43.4 Å². The van der Waals surface area contributed by atoms with Gasteiger partial charge in [0.1, 0.15) is 13.0 Å². The van der Waals surface area contributed by atoms with Gasteiger partial charge in [-0.05, 0) is 6.92 Å². The van der Waals surface area contributed by atoms with Gasteiger partial charge in [-0.3, -0.25) is 0 Å². The lowest BCUT2D eigenvalue weighted by atomic mass is 10.7. The van der Waals surface area contributed by atoms with E-state index in [0.717, 1.165) is 0 Å². The van der Waals surface area contributed by atoms with Crippen molar-refractivity contribution in [2.45, 2.75) is 13.2 Å². The van der Waals surface area contributed by atoms with Crippen LogP contribution in [-0.4, -0.2) is 20.1 Å². The third kappa shape index (κ3) is 5.88. The molecule has 0 amide bonds. The van der Waals surface area contributed by atoms with E-state index in [-0.39, 0.29) is 13.0 Å². The Hall–Kier alpha value is -0.120. The Bertz CT molecular complexity index is 38.7. The predicted octanol–water partition coefficient (Wildman–Crippen LogP) is -0.0884. The molecule has 0 aliphatic heterocycles. The lowest BCUT2D eigenvalue weighted by Crippen LogP contribution is -2.19. The van der Waals surface area contributed by atoms with E-state index in [9.17, 15) is 0 Å². The van der Waals surface area contributed by atoms with Crippen molar-refractivity contribution in [3.63, 3.8) is 0 Å². The van der Waals surface area contributed by atoms with Crippen LogP contribution in [0.3, 0.4) is 0 Å². The highest BCUT2D eigenvalue weighted by molar-refractivity contribution is 4.25. The van der Waals surface area contributed by atoms with E-state index >= 15 is 0 Å². The van der Waals surface area contributed by atoms with Gasteiger partial charge < -0.3 is 15.2 Å². The molecule has 0 aromatic heterocycles. The fourth-order valence-corrected chi connectivity index (χ4v) is 0.175. The second kappa shape index (κ2) is 4.05. The van der Waals surface area contributed by atoms with E-state index in [1.54, 1.807) is 14.0 Å². The second-order valence-electron chi connectivity index (χ2n) is 1.28. The average Bonchev–Trinajstić information content (AvgIpc) is 1.61. The highest BCUT2D eigenvalue weighted by Crippen LogP contribution is 1.77. The molecule has 44 valence electrons. The van der Waals surface area contributed by atoms with Crippen LogP contribution in [0.1, 0.15) is 6.92 Å². The lowest BCUT2D eigenvalue weighted by molar-refractivity contribution is -0.0627. The molecule has 7 heavy (non-hydrogen) atoms. The topological polar surface area (TPSA) is 44.5 Å². The normalized spacial score (nSPS) is 14.1. The van der Waals surface area contributed by atoms with Gasteiger partial charge in [0.05, 0.1) is 0 Å². The van der Waals surface area contributed by atoms with Crippen LogP contribution >= 0.6 is 0 Å². The quantitative estimate of drug-likeness (QED) is 0.510. The van der Waals surface area contributed by atoms with Crippen molar-refractivity contribution in [3.05, 3.63) is 0 Å². The predicted molar refractivity (Wildman–Crippen MR) is 26.6 cm³/mol. The van der Waals surface area contributed by atoms with E-state index in [4.69, 9.17) is 10.5 Å². The first kappa shape index (κ1) is 6.88. The third-order valence-corrected chi connectivity index (χ3v) is 0.449. The molecular formula is C4H11NO2. The minimum Gasteiger partial charge on any atom is -0.359 e. The van der Waals surface area contributed by atoms with Gasteiger partial charge in [-0.1, -0.05) is 0 Å². The van der Waals surface area contributed by atoms with Gasteiger partial charge in [0.2, 0.25) is 0 Å². The summed E-state index contributed by atoms with van der Waals surface area (Å²) in [4.78, 5) is 0. The molecule has 0 spiro atoms. The molecule has 0 heterocycles. The van der Waals surface area contributed by atoms with Crippen LogP contribution in [0.15, 0.2) is 0 Å². The first-order valence-corrected chi connectivity index (χ1v) is 2.13. The van der Waals surface area contributed by atoms with Gasteiger partial charge in [-0.2, -0.15) is 0 Å². The molecule has 0 aromatic carbocycles. The summed E-state index contributed by atoms with van der Waals surface area (Å²) >= 11 is 0. The van der Waals surface area contributed by atoms with Crippen molar-refractivity contribution in [3.8, 4) is 0 Å². The van der Waals surface area contributed by atoms with Crippen LogP contribution in [0.5, 0.6) is 0 Å². The number of hydrogen-bond donors (Lipinski definition) is 1. The van der Waals surface area contributed by atoms with E-state index in [1.165, 1.54) is 0 Å². The molecule has 0 bridgehead atoms. The number of ether oxygens (including phenoxy) is 2. The van der Waals surface area contributed by atoms with Gasteiger partial charge in [0.15, 0.2) is 0 Å². The van der Waals surface area contributed by atoms with E-state index in [2.05, 4.69) is 4.74 Å². The Morgan fingerprint density at radius 2 is 2.29 bits per heavy atom. The van der Waals surface area contributed by atoms with Crippen LogP contribution in [0, 0.1) is 0 Å². The summed E-state index contributed by atoms with van der Waals surface area (Å²) in [6, 6.07) is 0. The monoisotopic (exact) mass is 105 g/mol. The Morgan fingerprint density at radius 3 is 2.43 bits per heavy atom. The molecular weight excluding hydrogens is 94.0 g/mol. The maximum Gasteiger partial charge on any atom is 0.148 e. The van der Waals surface area contributed by atoms with Crippen molar-refractivity contribution in [1.29, 1.82) is 0 Å². The summed E-state index contributed by atoms with van der Waals surface area (Å²) in [6.07, 6.45) is -0.222. The van der Waals surface area contributed by atoms with Crippen LogP contribution in [0.25, 0.3) is 0 Å². The molecule has 2 N–H and O–H groups in total. The Kier molecular flexibility index (Phi) is 3.98. The van der Waals surface area contributed by atoms with Crippen molar-refractivity contribution in [1.82, 2.24) is 0 Å². The summed E-state index contributed by atoms with van der Waals surface area (Å²) in [6.45, 7) is 2.02. The van der Waals surface area contributed by atoms with Crippen LogP contribution < -0.4 is 5.73 Å². The second-order valence-corrected chi connectivity index (χ2v) is 1.28. The van der Waals surface area contributed by atoms with Crippen LogP contribution in [0.2, 0.25) is 0 Å². The SMILES string of the molecule is COCOC(C)N. The van der Waals surface area contributed by atoms with Crippen molar-refractivity contribution >= 4 is 0 Å². The molecule has 0 aliphatic rings. The van der Waals surface area contributed by atoms with Gasteiger partial charge in [-0.15, -0.1) is 0 Å². The summed E-state index contributed by atoms with van der Waals surface area (Å²) in [5, 5.41) is 0. The van der Waals surface area contributed by atoms with E-state index in [0.29, 0.717) is 0 Å². The molecule has 0 aromatic rings. The molecule has 0 rings (SSSR count). The molecule has 0 radical (unpaired) electrons. The first-order chi connectivity index (χ1) is 3.27. The minimum absolute atomic E-state index is 0.222. The van der Waals surface area contributed by atoms with Crippen LogP contribution in [-0.2, 0) is 9.47 Å². The van der Waals surface area contributed by atoms with Crippen molar-refractivity contribution in [2.75, 3.05) is 13.9 Å². The van der Waals surface area contributed by atoms with Crippen molar-refractivity contribution in [2.24, 2.45) is 5.73 Å². The zero-order chi connectivity index (χ0) is 5.70. The fourth-order valence-electron chi connectivity index (χ4n) is 0.175. The number of methoxy groups -OCH3 is 1. The zero-order valence-electron chi connectivity index (χ0n) is 4.68. The summed E-state index contributed by atoms with van der Waals surface area (Å²) in [5.41, 5.74) is 5.18. The average molecular weight is 105 g/mol. The Balaban J connectivity index is 2.68. The van der Waals surface area contributed by atoms with Gasteiger partial charge >= 0.3 is 0 Å². The molecule has 0 saturated heterocycles. The fraction of sp³-hybridized carbons (Fsp3) is 1.00. The summed E-state index contributed by atoms with van der Waals surface area (Å²) in [5.74, 6) is 0. The number of rotatable bonds is 3. The largest absolute Gasteiger partial charge is 0.359 e. The lowest BCUT2D eigenvalue weighted by Gasteiger charge is -2.03. The number of hydrogen-bond acceptors (Lipinski definition) is 3. The maximum atomic E-state index is 5.18. The highest BCUT2D eigenvalue weighted by Gasteiger charge is 1.87. The smallest absolute Gasteiger partial charge is 0.148 e. The molecule has 0 aliphatic carbocycles. The zero-order valence-corrected chi connectivity index (χ0v) is 4.68. The molecule has 3 heteroatoms. The first-order valence-electron chi connectivity index (χ1n) is 2.13. The van der Waals surface area contributed by atoms with Gasteiger partial charge in [0, 0.05) is 7.11 Å². The molecule has 1 atom stereocenters. The standard InChI is InChI=1S/C4H11NO2/c1-4(5)7-3-6-2/h4H,3,5H2,1-2H3.